The number of nitrogens with zero attached hydrogens (tertiary/aromatic N) is 1. The molecule has 1 aliphatic rings. The molecule has 2 unspecified atom stereocenters. The first-order chi connectivity index (χ1) is 8.90. The van der Waals surface area contributed by atoms with Gasteiger partial charge in [-0.05, 0) is 36.6 Å². The third kappa shape index (κ3) is 2.73. The molecule has 1 fully saturated rings. The van der Waals surface area contributed by atoms with Crippen molar-refractivity contribution in [2.75, 3.05) is 13.1 Å². The largest absolute Gasteiger partial charge is 0.481 e. The summed E-state index contributed by atoms with van der Waals surface area (Å²) in [5.41, 5.74) is 1.39. The molecule has 2 atom stereocenters. The fourth-order valence-corrected chi connectivity index (χ4v) is 2.72. The van der Waals surface area contributed by atoms with Crippen LogP contribution >= 0.6 is 11.6 Å². The van der Waals surface area contributed by atoms with Crippen LogP contribution in [0.15, 0.2) is 18.2 Å². The maximum Gasteiger partial charge on any atom is 0.308 e. The molecule has 0 radical (unpaired) electrons. The van der Waals surface area contributed by atoms with Gasteiger partial charge in [0, 0.05) is 23.7 Å². The lowest BCUT2D eigenvalue weighted by Gasteiger charge is -2.17. The molecule has 0 aromatic heterocycles. The van der Waals surface area contributed by atoms with E-state index in [0.717, 1.165) is 5.56 Å². The van der Waals surface area contributed by atoms with Gasteiger partial charge in [-0.25, -0.2) is 0 Å². The Morgan fingerprint density at radius 2 is 2.05 bits per heavy atom. The van der Waals surface area contributed by atoms with Crippen LogP contribution in [0, 0.1) is 18.8 Å². The average molecular weight is 282 g/mol. The van der Waals surface area contributed by atoms with E-state index in [-0.39, 0.29) is 18.4 Å². The van der Waals surface area contributed by atoms with Crippen LogP contribution in [0.3, 0.4) is 0 Å². The number of likely N-dealkylation sites (tertiary alicyclic amines) is 1. The van der Waals surface area contributed by atoms with E-state index in [1.165, 1.54) is 0 Å². The number of carbonyl (C=O) groups is 2. The van der Waals surface area contributed by atoms with Crippen LogP contribution < -0.4 is 0 Å². The SMILES string of the molecule is Cc1cc(Cl)ccc1C(=O)N1CC(C)C(C(=O)O)C1. The van der Waals surface area contributed by atoms with Crippen molar-refractivity contribution >= 4 is 23.5 Å². The Labute approximate surface area is 117 Å². The van der Waals surface area contributed by atoms with Crippen LogP contribution in [0.25, 0.3) is 0 Å². The molecule has 2 rings (SSSR count). The molecule has 0 spiro atoms. The van der Waals surface area contributed by atoms with Crippen molar-refractivity contribution in [1.82, 2.24) is 4.90 Å². The van der Waals surface area contributed by atoms with Crippen LogP contribution in [0.1, 0.15) is 22.8 Å². The molecule has 1 aromatic rings. The summed E-state index contributed by atoms with van der Waals surface area (Å²) in [6, 6.07) is 5.11. The quantitative estimate of drug-likeness (QED) is 0.906. The first kappa shape index (κ1) is 13.9. The normalized spacial score (nSPS) is 22.6. The third-order valence-electron chi connectivity index (χ3n) is 3.64. The number of rotatable bonds is 2. The predicted octanol–water partition coefficient (Wildman–Crippen LogP) is 2.44. The Morgan fingerprint density at radius 1 is 1.37 bits per heavy atom. The molecule has 4 nitrogen and oxygen atoms in total. The van der Waals surface area contributed by atoms with Gasteiger partial charge in [-0.2, -0.15) is 0 Å². The van der Waals surface area contributed by atoms with Gasteiger partial charge in [0.05, 0.1) is 5.92 Å². The van der Waals surface area contributed by atoms with E-state index in [1.54, 1.807) is 23.1 Å². The lowest BCUT2D eigenvalue weighted by molar-refractivity contribution is -0.142. The molecule has 1 aliphatic heterocycles. The lowest BCUT2D eigenvalue weighted by Crippen LogP contribution is -2.30. The van der Waals surface area contributed by atoms with Gasteiger partial charge in [-0.1, -0.05) is 18.5 Å². The number of aliphatic carboxylic acids is 1. The first-order valence-corrected chi connectivity index (χ1v) is 6.56. The monoisotopic (exact) mass is 281 g/mol. The van der Waals surface area contributed by atoms with Gasteiger partial charge in [0.1, 0.15) is 0 Å². The molecule has 0 bridgehead atoms. The van der Waals surface area contributed by atoms with E-state index in [0.29, 0.717) is 17.1 Å². The molecule has 1 heterocycles. The van der Waals surface area contributed by atoms with Crippen LogP contribution in [0.4, 0.5) is 0 Å². The van der Waals surface area contributed by atoms with Crippen molar-refractivity contribution in [3.8, 4) is 0 Å². The fourth-order valence-electron chi connectivity index (χ4n) is 2.49. The molecule has 1 N–H and O–H groups in total. The third-order valence-corrected chi connectivity index (χ3v) is 3.87. The van der Waals surface area contributed by atoms with E-state index < -0.39 is 11.9 Å². The average Bonchev–Trinajstić information content (AvgIpc) is 2.70. The molecular formula is C14H16ClNO3. The minimum Gasteiger partial charge on any atom is -0.481 e. The molecule has 1 saturated heterocycles. The van der Waals surface area contributed by atoms with E-state index in [2.05, 4.69) is 0 Å². The van der Waals surface area contributed by atoms with E-state index in [1.807, 2.05) is 13.8 Å². The second-order valence-electron chi connectivity index (χ2n) is 5.09. The maximum atomic E-state index is 12.4. The highest BCUT2D eigenvalue weighted by Crippen LogP contribution is 2.26. The summed E-state index contributed by atoms with van der Waals surface area (Å²) in [5.74, 6) is -1.45. The van der Waals surface area contributed by atoms with Gasteiger partial charge < -0.3 is 10.0 Å². The van der Waals surface area contributed by atoms with Crippen molar-refractivity contribution in [1.29, 1.82) is 0 Å². The molecule has 1 aromatic carbocycles. The summed E-state index contributed by atoms with van der Waals surface area (Å²) in [4.78, 5) is 25.1. The standard InChI is InChI=1S/C14H16ClNO3/c1-8-5-10(15)3-4-11(8)13(17)16-6-9(2)12(7-16)14(18)19/h3-5,9,12H,6-7H2,1-2H3,(H,18,19). The zero-order chi connectivity index (χ0) is 14.2. The van der Waals surface area contributed by atoms with E-state index in [4.69, 9.17) is 16.7 Å². The second-order valence-corrected chi connectivity index (χ2v) is 5.53. The molecule has 19 heavy (non-hydrogen) atoms. The van der Waals surface area contributed by atoms with Gasteiger partial charge in [-0.15, -0.1) is 0 Å². The van der Waals surface area contributed by atoms with E-state index >= 15 is 0 Å². The number of hydrogen-bond acceptors (Lipinski definition) is 2. The number of hydrogen-bond donors (Lipinski definition) is 1. The number of carbonyl (C=O) groups excluding carboxylic acids is 1. The first-order valence-electron chi connectivity index (χ1n) is 6.18. The zero-order valence-corrected chi connectivity index (χ0v) is 11.6. The summed E-state index contributed by atoms with van der Waals surface area (Å²) in [6.45, 7) is 4.45. The second kappa shape index (κ2) is 5.21. The van der Waals surface area contributed by atoms with Crippen molar-refractivity contribution in [2.24, 2.45) is 11.8 Å². The van der Waals surface area contributed by atoms with Gasteiger partial charge in [0.2, 0.25) is 0 Å². The summed E-state index contributed by atoms with van der Waals surface area (Å²) in [5, 5.41) is 9.68. The number of carboxylic acids is 1. The number of amides is 1. The highest BCUT2D eigenvalue weighted by Gasteiger charge is 2.37. The predicted molar refractivity (Wildman–Crippen MR) is 72.4 cm³/mol. The van der Waals surface area contributed by atoms with Gasteiger partial charge in [0.25, 0.3) is 5.91 Å². The summed E-state index contributed by atoms with van der Waals surface area (Å²) in [6.07, 6.45) is 0. The van der Waals surface area contributed by atoms with Gasteiger partial charge in [-0.3, -0.25) is 9.59 Å². The van der Waals surface area contributed by atoms with Crippen LogP contribution in [-0.2, 0) is 4.79 Å². The smallest absolute Gasteiger partial charge is 0.308 e. The van der Waals surface area contributed by atoms with Gasteiger partial charge >= 0.3 is 5.97 Å². The Kier molecular flexibility index (Phi) is 3.80. The van der Waals surface area contributed by atoms with Crippen molar-refractivity contribution in [3.05, 3.63) is 34.3 Å². The highest BCUT2D eigenvalue weighted by molar-refractivity contribution is 6.30. The number of aryl methyl sites for hydroxylation is 1. The van der Waals surface area contributed by atoms with Crippen LogP contribution in [-0.4, -0.2) is 35.0 Å². The minimum absolute atomic E-state index is 0.0194. The zero-order valence-electron chi connectivity index (χ0n) is 10.9. The van der Waals surface area contributed by atoms with E-state index in [9.17, 15) is 9.59 Å². The summed E-state index contributed by atoms with van der Waals surface area (Å²) >= 11 is 5.87. The lowest BCUT2D eigenvalue weighted by atomic mass is 9.99. The Balaban J connectivity index is 2.19. The minimum atomic E-state index is -0.837. The van der Waals surface area contributed by atoms with Crippen molar-refractivity contribution < 1.29 is 14.7 Å². The Bertz CT molecular complexity index is 529. The molecule has 102 valence electrons. The molecule has 1 amide bonds. The molecule has 0 saturated carbocycles. The Hall–Kier alpha value is -1.55. The number of benzene rings is 1. The highest BCUT2D eigenvalue weighted by atomic mass is 35.5. The van der Waals surface area contributed by atoms with Crippen molar-refractivity contribution in [3.63, 3.8) is 0 Å². The Morgan fingerprint density at radius 3 is 2.58 bits per heavy atom. The van der Waals surface area contributed by atoms with Crippen LogP contribution in [0.5, 0.6) is 0 Å². The summed E-state index contributed by atoms with van der Waals surface area (Å²) < 4.78 is 0. The topological polar surface area (TPSA) is 57.6 Å². The summed E-state index contributed by atoms with van der Waals surface area (Å²) in [7, 11) is 0. The molecule has 5 heteroatoms. The van der Waals surface area contributed by atoms with Crippen LogP contribution in [0.2, 0.25) is 5.02 Å². The van der Waals surface area contributed by atoms with Crippen molar-refractivity contribution in [2.45, 2.75) is 13.8 Å². The fraction of sp³-hybridized carbons (Fsp3) is 0.429. The number of halogens is 1. The number of carboxylic acid groups (broad SMARTS) is 1. The molecular weight excluding hydrogens is 266 g/mol. The molecule has 0 aliphatic carbocycles. The van der Waals surface area contributed by atoms with Gasteiger partial charge in [0.15, 0.2) is 0 Å². The maximum absolute atomic E-state index is 12.4.